The van der Waals surface area contributed by atoms with Gasteiger partial charge in [-0.1, -0.05) is 12.8 Å². The summed E-state index contributed by atoms with van der Waals surface area (Å²) in [6.45, 7) is 1.33. The van der Waals surface area contributed by atoms with Crippen LogP contribution in [0.2, 0.25) is 0 Å². The van der Waals surface area contributed by atoms with Crippen molar-refractivity contribution in [1.29, 1.82) is 0 Å². The fraction of sp³-hybridized carbons (Fsp3) is 0.692. The van der Waals surface area contributed by atoms with Gasteiger partial charge in [0.1, 0.15) is 10.7 Å². The van der Waals surface area contributed by atoms with Gasteiger partial charge in [-0.3, -0.25) is 4.79 Å². The first-order valence-corrected chi connectivity index (χ1v) is 7.63. The minimum Gasteiger partial charge on any atom is -0.334 e. The molecule has 1 saturated carbocycles. The zero-order valence-corrected chi connectivity index (χ0v) is 11.3. The van der Waals surface area contributed by atoms with E-state index in [1.807, 2.05) is 5.38 Å². The summed E-state index contributed by atoms with van der Waals surface area (Å²) in [7, 11) is 0. The highest BCUT2D eigenvalue weighted by Crippen LogP contribution is 2.36. The molecule has 2 aliphatic rings. The normalized spacial score (nSPS) is 27.3. The van der Waals surface area contributed by atoms with Crippen LogP contribution < -0.4 is 5.73 Å². The van der Waals surface area contributed by atoms with Crippen LogP contribution in [0.25, 0.3) is 0 Å². The van der Waals surface area contributed by atoms with Gasteiger partial charge < -0.3 is 10.6 Å². The van der Waals surface area contributed by atoms with Crippen molar-refractivity contribution >= 4 is 17.2 Å². The summed E-state index contributed by atoms with van der Waals surface area (Å²) >= 11 is 1.48. The minimum atomic E-state index is 0.111. The first-order valence-electron chi connectivity index (χ1n) is 6.75. The Bertz CT molecular complexity index is 445. The van der Waals surface area contributed by atoms with E-state index in [9.17, 15) is 4.79 Å². The molecular formula is C13H19N3OS. The van der Waals surface area contributed by atoms with Crippen LogP contribution in [0.4, 0.5) is 0 Å². The van der Waals surface area contributed by atoms with Gasteiger partial charge in [-0.25, -0.2) is 4.98 Å². The number of nitrogens with zero attached hydrogens (tertiary/aromatic N) is 2. The van der Waals surface area contributed by atoms with E-state index in [-0.39, 0.29) is 5.91 Å². The molecule has 0 spiro atoms. The molecule has 1 amide bonds. The third-order valence-electron chi connectivity index (χ3n) is 4.22. The molecule has 1 aromatic rings. The molecule has 18 heavy (non-hydrogen) atoms. The fourth-order valence-electron chi connectivity index (χ4n) is 3.31. The van der Waals surface area contributed by atoms with Crippen molar-refractivity contribution in [3.05, 3.63) is 16.1 Å². The minimum absolute atomic E-state index is 0.111. The first kappa shape index (κ1) is 12.1. The quantitative estimate of drug-likeness (QED) is 0.890. The Morgan fingerprint density at radius 2 is 2.28 bits per heavy atom. The number of carbonyl (C=O) groups excluding carboxylic acids is 1. The SMILES string of the molecule is NCc1nc(C(=O)N2CCC3CCCCC32)cs1. The van der Waals surface area contributed by atoms with Crippen LogP contribution in [0.5, 0.6) is 0 Å². The number of hydrogen-bond acceptors (Lipinski definition) is 4. The van der Waals surface area contributed by atoms with Crippen molar-refractivity contribution in [2.75, 3.05) is 6.54 Å². The van der Waals surface area contributed by atoms with Crippen LogP contribution in [-0.2, 0) is 6.54 Å². The van der Waals surface area contributed by atoms with Gasteiger partial charge in [-0.05, 0) is 25.2 Å². The molecule has 0 radical (unpaired) electrons. The molecule has 2 unspecified atom stereocenters. The van der Waals surface area contributed by atoms with Crippen LogP contribution in [0.15, 0.2) is 5.38 Å². The summed E-state index contributed by atoms with van der Waals surface area (Å²) < 4.78 is 0. The summed E-state index contributed by atoms with van der Waals surface area (Å²) in [6, 6.07) is 0.467. The van der Waals surface area contributed by atoms with Crippen molar-refractivity contribution < 1.29 is 4.79 Å². The van der Waals surface area contributed by atoms with E-state index >= 15 is 0 Å². The Kier molecular flexibility index (Phi) is 3.35. The van der Waals surface area contributed by atoms with Crippen LogP contribution >= 0.6 is 11.3 Å². The average molecular weight is 265 g/mol. The summed E-state index contributed by atoms with van der Waals surface area (Å²) in [4.78, 5) is 18.8. The molecule has 3 rings (SSSR count). The maximum atomic E-state index is 12.5. The fourth-order valence-corrected chi connectivity index (χ4v) is 3.96. The first-order chi connectivity index (χ1) is 8.79. The second kappa shape index (κ2) is 4.97. The van der Waals surface area contributed by atoms with E-state index in [1.165, 1.54) is 43.4 Å². The molecule has 0 aromatic carbocycles. The third-order valence-corrected chi connectivity index (χ3v) is 5.09. The topological polar surface area (TPSA) is 59.2 Å². The predicted molar refractivity (Wildman–Crippen MR) is 71.4 cm³/mol. The molecule has 5 heteroatoms. The molecule has 1 aliphatic carbocycles. The Morgan fingerprint density at radius 1 is 1.44 bits per heavy atom. The van der Waals surface area contributed by atoms with Gasteiger partial charge in [0.05, 0.1) is 0 Å². The van der Waals surface area contributed by atoms with Gasteiger partial charge in [0.15, 0.2) is 0 Å². The second-order valence-corrected chi connectivity index (χ2v) is 6.17. The summed E-state index contributed by atoms with van der Waals surface area (Å²) in [5, 5.41) is 2.69. The smallest absolute Gasteiger partial charge is 0.273 e. The highest BCUT2D eigenvalue weighted by atomic mass is 32.1. The van der Waals surface area contributed by atoms with Crippen LogP contribution in [-0.4, -0.2) is 28.4 Å². The zero-order valence-electron chi connectivity index (χ0n) is 10.5. The number of likely N-dealkylation sites (tertiary alicyclic amines) is 1. The van der Waals surface area contributed by atoms with E-state index in [4.69, 9.17) is 5.73 Å². The Balaban J connectivity index is 1.76. The second-order valence-electron chi connectivity index (χ2n) is 5.23. The van der Waals surface area contributed by atoms with Gasteiger partial charge in [-0.15, -0.1) is 11.3 Å². The molecule has 1 saturated heterocycles. The Labute approximate surface area is 111 Å². The van der Waals surface area contributed by atoms with Gasteiger partial charge >= 0.3 is 0 Å². The van der Waals surface area contributed by atoms with E-state index < -0.39 is 0 Å². The van der Waals surface area contributed by atoms with Crippen molar-refractivity contribution in [3.63, 3.8) is 0 Å². The van der Waals surface area contributed by atoms with E-state index in [0.29, 0.717) is 18.3 Å². The molecule has 2 atom stereocenters. The predicted octanol–water partition coefficient (Wildman–Crippen LogP) is 2.01. The van der Waals surface area contributed by atoms with Gasteiger partial charge in [0.25, 0.3) is 5.91 Å². The van der Waals surface area contributed by atoms with Crippen LogP contribution in [0, 0.1) is 5.92 Å². The lowest BCUT2D eigenvalue weighted by molar-refractivity contribution is 0.0685. The molecule has 2 heterocycles. The maximum absolute atomic E-state index is 12.5. The summed E-state index contributed by atoms with van der Waals surface area (Å²) in [5.74, 6) is 0.843. The molecule has 98 valence electrons. The Hall–Kier alpha value is -0.940. The molecular weight excluding hydrogens is 246 g/mol. The standard InChI is InChI=1S/C13H19N3OS/c14-7-12-15-10(8-18-12)13(17)16-6-5-9-3-1-2-4-11(9)16/h8-9,11H,1-7,14H2. The zero-order chi connectivity index (χ0) is 12.5. The summed E-state index contributed by atoms with van der Waals surface area (Å²) in [5.41, 5.74) is 6.14. The highest BCUT2D eigenvalue weighted by molar-refractivity contribution is 7.09. The lowest BCUT2D eigenvalue weighted by atomic mass is 9.85. The molecule has 1 aromatic heterocycles. The van der Waals surface area contributed by atoms with Crippen LogP contribution in [0.3, 0.4) is 0 Å². The highest BCUT2D eigenvalue weighted by Gasteiger charge is 2.38. The number of carbonyl (C=O) groups is 1. The van der Waals surface area contributed by atoms with Crippen molar-refractivity contribution in [3.8, 4) is 0 Å². The van der Waals surface area contributed by atoms with E-state index in [1.54, 1.807) is 0 Å². The lowest BCUT2D eigenvalue weighted by Gasteiger charge is -2.31. The summed E-state index contributed by atoms with van der Waals surface area (Å²) in [6.07, 6.45) is 6.22. The van der Waals surface area contributed by atoms with Crippen molar-refractivity contribution in [2.45, 2.75) is 44.7 Å². The largest absolute Gasteiger partial charge is 0.334 e. The van der Waals surface area contributed by atoms with Gasteiger partial charge in [-0.2, -0.15) is 0 Å². The number of hydrogen-bond donors (Lipinski definition) is 1. The number of rotatable bonds is 2. The van der Waals surface area contributed by atoms with Crippen molar-refractivity contribution in [1.82, 2.24) is 9.88 Å². The molecule has 0 bridgehead atoms. The Morgan fingerprint density at radius 3 is 3.06 bits per heavy atom. The number of thiazole rings is 1. The van der Waals surface area contributed by atoms with E-state index in [0.717, 1.165) is 17.5 Å². The van der Waals surface area contributed by atoms with E-state index in [2.05, 4.69) is 9.88 Å². The van der Waals surface area contributed by atoms with Gasteiger partial charge in [0, 0.05) is 24.5 Å². The number of nitrogens with two attached hydrogens (primary N) is 1. The number of fused-ring (bicyclic) bond motifs is 1. The molecule has 4 nitrogen and oxygen atoms in total. The molecule has 2 N–H and O–H groups in total. The maximum Gasteiger partial charge on any atom is 0.273 e. The van der Waals surface area contributed by atoms with Crippen LogP contribution in [0.1, 0.15) is 47.6 Å². The third kappa shape index (κ3) is 2.06. The molecule has 2 fully saturated rings. The van der Waals surface area contributed by atoms with Gasteiger partial charge in [0.2, 0.25) is 0 Å². The molecule has 1 aliphatic heterocycles. The average Bonchev–Trinajstić information content (AvgIpc) is 3.04. The monoisotopic (exact) mass is 265 g/mol. The number of amides is 1. The van der Waals surface area contributed by atoms with Crippen molar-refractivity contribution in [2.24, 2.45) is 11.7 Å². The number of aromatic nitrogens is 1. The lowest BCUT2D eigenvalue weighted by Crippen LogP contribution is -2.39.